The summed E-state index contributed by atoms with van der Waals surface area (Å²) >= 11 is 0. The summed E-state index contributed by atoms with van der Waals surface area (Å²) in [7, 11) is 0. The quantitative estimate of drug-likeness (QED) is 0.543. The van der Waals surface area contributed by atoms with Gasteiger partial charge in [-0.1, -0.05) is 48.0 Å². The zero-order valence-electron chi connectivity index (χ0n) is 17.1. The Bertz CT molecular complexity index is 1190. The van der Waals surface area contributed by atoms with Crippen LogP contribution in [0.4, 0.5) is 20.2 Å². The van der Waals surface area contributed by atoms with Gasteiger partial charge >= 0.3 is 0 Å². The van der Waals surface area contributed by atoms with Gasteiger partial charge in [-0.25, -0.2) is 13.7 Å². The van der Waals surface area contributed by atoms with Crippen LogP contribution in [-0.2, 0) is 9.59 Å². The van der Waals surface area contributed by atoms with Crippen LogP contribution >= 0.6 is 0 Å². The molecule has 0 aliphatic carbocycles. The van der Waals surface area contributed by atoms with Crippen molar-refractivity contribution in [2.24, 2.45) is 0 Å². The number of amides is 2. The first-order chi connectivity index (χ1) is 14.9. The van der Waals surface area contributed by atoms with E-state index in [1.807, 2.05) is 56.3 Å². The number of carbonyl (C=O) groups is 2. The average molecular weight is 418 g/mol. The number of benzene rings is 3. The van der Waals surface area contributed by atoms with Crippen molar-refractivity contribution in [2.75, 3.05) is 16.3 Å². The molecule has 0 N–H and O–H groups in total. The van der Waals surface area contributed by atoms with Crippen LogP contribution in [0.15, 0.2) is 78.5 Å². The van der Waals surface area contributed by atoms with E-state index in [2.05, 4.69) is 0 Å². The molecule has 0 unspecified atom stereocenters. The predicted molar refractivity (Wildman–Crippen MR) is 116 cm³/mol. The Hall–Kier alpha value is -3.80. The number of halogens is 2. The van der Waals surface area contributed by atoms with E-state index >= 15 is 0 Å². The van der Waals surface area contributed by atoms with Crippen LogP contribution in [0.25, 0.3) is 5.57 Å². The fraction of sp³-hybridized carbons (Fsp3) is 0.120. The number of hydrogen-bond donors (Lipinski definition) is 0. The normalized spacial score (nSPS) is 13.9. The molecule has 0 aromatic heterocycles. The Morgan fingerprint density at radius 3 is 2.16 bits per heavy atom. The minimum absolute atomic E-state index is 0.159. The van der Waals surface area contributed by atoms with E-state index in [-0.39, 0.29) is 17.0 Å². The lowest BCUT2D eigenvalue weighted by Crippen LogP contribution is -2.36. The third-order valence-corrected chi connectivity index (χ3v) is 5.20. The summed E-state index contributed by atoms with van der Waals surface area (Å²) in [4.78, 5) is 29.5. The Kier molecular flexibility index (Phi) is 5.38. The summed E-state index contributed by atoms with van der Waals surface area (Å²) in [6, 6.07) is 19.2. The number of likely N-dealkylation sites (N-methyl/N-ethyl adjacent to an activating group) is 1. The van der Waals surface area contributed by atoms with Gasteiger partial charge in [0.25, 0.3) is 11.8 Å². The highest BCUT2D eigenvalue weighted by Crippen LogP contribution is 2.37. The third-order valence-electron chi connectivity index (χ3n) is 5.20. The Morgan fingerprint density at radius 1 is 0.871 bits per heavy atom. The molecular formula is C25H20F2N2O2. The topological polar surface area (TPSA) is 40.6 Å². The molecule has 0 bridgehead atoms. The molecule has 0 fully saturated rings. The summed E-state index contributed by atoms with van der Waals surface area (Å²) in [5.74, 6) is -3.07. The van der Waals surface area contributed by atoms with Gasteiger partial charge in [0.1, 0.15) is 17.3 Å². The molecule has 3 aromatic rings. The van der Waals surface area contributed by atoms with Gasteiger partial charge in [0.15, 0.2) is 0 Å². The number of para-hydroxylation sites is 1. The van der Waals surface area contributed by atoms with Crippen molar-refractivity contribution in [3.63, 3.8) is 0 Å². The zero-order chi connectivity index (χ0) is 22.1. The summed E-state index contributed by atoms with van der Waals surface area (Å²) in [6.45, 7) is 4.20. The maximum absolute atomic E-state index is 14.5. The second-order valence-electron chi connectivity index (χ2n) is 7.21. The van der Waals surface area contributed by atoms with Gasteiger partial charge in [-0.15, -0.1) is 0 Å². The standard InChI is InChI=1S/C25H20F2N2O2/c1-3-28(19-7-5-4-6-8-19)23-22(17-11-9-16(2)10-12-17)24(30)29(25(23)31)21-14-13-18(26)15-20(21)27/h4-15H,3H2,1-2H3. The first-order valence-corrected chi connectivity index (χ1v) is 9.90. The smallest absolute Gasteiger partial charge is 0.282 e. The number of hydrogen-bond acceptors (Lipinski definition) is 3. The first kappa shape index (κ1) is 20.5. The van der Waals surface area contributed by atoms with Crippen LogP contribution in [-0.4, -0.2) is 18.4 Å². The fourth-order valence-electron chi connectivity index (χ4n) is 3.71. The highest BCUT2D eigenvalue weighted by atomic mass is 19.1. The minimum Gasteiger partial charge on any atom is -0.337 e. The maximum Gasteiger partial charge on any atom is 0.282 e. The van der Waals surface area contributed by atoms with Crippen LogP contribution < -0.4 is 9.80 Å². The van der Waals surface area contributed by atoms with Crippen molar-refractivity contribution in [1.29, 1.82) is 0 Å². The lowest BCUT2D eigenvalue weighted by Gasteiger charge is -2.25. The summed E-state index contributed by atoms with van der Waals surface area (Å²) in [5, 5.41) is 0. The molecular weight excluding hydrogens is 398 g/mol. The van der Waals surface area contributed by atoms with Gasteiger partial charge < -0.3 is 4.90 Å². The molecule has 156 valence electrons. The lowest BCUT2D eigenvalue weighted by molar-refractivity contribution is -0.120. The van der Waals surface area contributed by atoms with Gasteiger partial charge in [0, 0.05) is 18.3 Å². The summed E-state index contributed by atoms with van der Waals surface area (Å²) in [5.41, 5.74) is 2.34. The molecule has 3 aromatic carbocycles. The van der Waals surface area contributed by atoms with E-state index in [1.165, 1.54) is 0 Å². The van der Waals surface area contributed by atoms with Crippen LogP contribution in [0, 0.1) is 18.6 Å². The number of aryl methyl sites for hydroxylation is 1. The van der Waals surface area contributed by atoms with E-state index in [4.69, 9.17) is 0 Å². The molecule has 4 rings (SSSR count). The van der Waals surface area contributed by atoms with Gasteiger partial charge in [0.05, 0.1) is 11.3 Å². The van der Waals surface area contributed by atoms with Crippen LogP contribution in [0.1, 0.15) is 18.1 Å². The second kappa shape index (κ2) is 8.14. The van der Waals surface area contributed by atoms with Gasteiger partial charge in [-0.2, -0.15) is 0 Å². The van der Waals surface area contributed by atoms with Crippen molar-refractivity contribution in [3.8, 4) is 0 Å². The number of imide groups is 1. The minimum atomic E-state index is -0.978. The van der Waals surface area contributed by atoms with Crippen LogP contribution in [0.2, 0.25) is 0 Å². The van der Waals surface area contributed by atoms with Crippen LogP contribution in [0.5, 0.6) is 0 Å². The Labute approximate surface area is 179 Å². The largest absolute Gasteiger partial charge is 0.337 e. The molecule has 0 saturated carbocycles. The number of anilines is 2. The SMILES string of the molecule is CCN(C1=C(c2ccc(C)cc2)C(=O)N(c2ccc(F)cc2F)C1=O)c1ccccc1. The zero-order valence-corrected chi connectivity index (χ0v) is 17.1. The molecule has 1 heterocycles. The van der Waals surface area contributed by atoms with Crippen molar-refractivity contribution in [1.82, 2.24) is 0 Å². The van der Waals surface area contributed by atoms with Gasteiger partial charge in [-0.3, -0.25) is 9.59 Å². The van der Waals surface area contributed by atoms with Crippen molar-refractivity contribution in [3.05, 3.63) is 101 Å². The first-order valence-electron chi connectivity index (χ1n) is 9.90. The Morgan fingerprint density at radius 2 is 1.55 bits per heavy atom. The van der Waals surface area contributed by atoms with E-state index in [0.29, 0.717) is 18.2 Å². The summed E-state index contributed by atoms with van der Waals surface area (Å²) < 4.78 is 28.0. The maximum atomic E-state index is 14.5. The number of carbonyl (C=O) groups excluding carboxylic acids is 2. The molecule has 0 spiro atoms. The van der Waals surface area contributed by atoms with Crippen molar-refractivity contribution >= 4 is 28.8 Å². The molecule has 1 aliphatic rings. The summed E-state index contributed by atoms with van der Waals surface area (Å²) in [6.07, 6.45) is 0. The highest BCUT2D eigenvalue weighted by Gasteiger charge is 2.43. The molecule has 0 saturated heterocycles. The molecule has 0 atom stereocenters. The fourth-order valence-corrected chi connectivity index (χ4v) is 3.71. The number of nitrogens with zero attached hydrogens (tertiary/aromatic N) is 2. The van der Waals surface area contributed by atoms with E-state index < -0.39 is 23.4 Å². The average Bonchev–Trinajstić information content (AvgIpc) is 3.01. The molecule has 2 amide bonds. The third kappa shape index (κ3) is 3.61. The number of rotatable bonds is 5. The van der Waals surface area contributed by atoms with Crippen molar-refractivity contribution in [2.45, 2.75) is 13.8 Å². The van der Waals surface area contributed by atoms with Crippen LogP contribution in [0.3, 0.4) is 0 Å². The van der Waals surface area contributed by atoms with E-state index in [9.17, 15) is 18.4 Å². The van der Waals surface area contributed by atoms with E-state index in [1.54, 1.807) is 17.0 Å². The van der Waals surface area contributed by atoms with E-state index in [0.717, 1.165) is 28.3 Å². The second-order valence-corrected chi connectivity index (χ2v) is 7.21. The molecule has 1 aliphatic heterocycles. The van der Waals surface area contributed by atoms with Gasteiger partial charge in [-0.05, 0) is 43.7 Å². The molecule has 4 nitrogen and oxygen atoms in total. The highest BCUT2D eigenvalue weighted by molar-refractivity contribution is 6.46. The monoisotopic (exact) mass is 418 g/mol. The molecule has 31 heavy (non-hydrogen) atoms. The molecule has 0 radical (unpaired) electrons. The predicted octanol–water partition coefficient (Wildman–Crippen LogP) is 5.08. The van der Waals surface area contributed by atoms with Crippen molar-refractivity contribution < 1.29 is 18.4 Å². The van der Waals surface area contributed by atoms with Gasteiger partial charge in [0.2, 0.25) is 0 Å². The lowest BCUT2D eigenvalue weighted by atomic mass is 10.0. The Balaban J connectivity index is 1.92. The molecule has 6 heteroatoms.